The van der Waals surface area contributed by atoms with Gasteiger partial charge in [-0.2, -0.15) is 0 Å². The Balaban J connectivity index is 2.91. The monoisotopic (exact) mass is 206 g/mol. The molecule has 2 heteroatoms. The van der Waals surface area contributed by atoms with Crippen LogP contribution in [0.15, 0.2) is 18.2 Å². The Morgan fingerprint density at radius 1 is 1.13 bits per heavy atom. The van der Waals surface area contributed by atoms with Gasteiger partial charge in [0.05, 0.1) is 0 Å². The molecule has 0 aliphatic carbocycles. The highest BCUT2D eigenvalue weighted by atomic mass is 15.1. The maximum atomic E-state index is 3.36. The molecule has 0 amide bonds. The van der Waals surface area contributed by atoms with E-state index in [-0.39, 0.29) is 0 Å². The van der Waals surface area contributed by atoms with E-state index in [4.69, 9.17) is 0 Å². The Hall–Kier alpha value is -0.860. The number of nitrogens with one attached hydrogen (secondary N) is 1. The Kier molecular flexibility index (Phi) is 4.30. The fourth-order valence-corrected chi connectivity index (χ4v) is 1.94. The van der Waals surface area contributed by atoms with Crippen LogP contribution in [0.3, 0.4) is 0 Å². The second-order valence-electron chi connectivity index (χ2n) is 4.52. The van der Waals surface area contributed by atoms with Gasteiger partial charge in [0.15, 0.2) is 0 Å². The van der Waals surface area contributed by atoms with E-state index >= 15 is 0 Å². The van der Waals surface area contributed by atoms with Gasteiger partial charge < -0.3 is 10.2 Å². The smallest absolute Gasteiger partial charge is 0.0446 e. The van der Waals surface area contributed by atoms with Gasteiger partial charge in [0.1, 0.15) is 0 Å². The van der Waals surface area contributed by atoms with Crippen molar-refractivity contribution < 1.29 is 0 Å². The number of benzene rings is 1. The number of aryl methyl sites for hydroxylation is 2. The number of rotatable bonds is 4. The van der Waals surface area contributed by atoms with Gasteiger partial charge in [-0.15, -0.1) is 0 Å². The zero-order valence-corrected chi connectivity index (χ0v) is 10.5. The van der Waals surface area contributed by atoms with Crippen molar-refractivity contribution in [3.8, 4) is 0 Å². The number of hydrogen-bond donors (Lipinski definition) is 1. The second-order valence-corrected chi connectivity index (χ2v) is 4.52. The van der Waals surface area contributed by atoms with Crippen molar-refractivity contribution in [2.24, 2.45) is 0 Å². The molecule has 1 aromatic carbocycles. The average Bonchev–Trinajstić information content (AvgIpc) is 2.12. The van der Waals surface area contributed by atoms with Crippen molar-refractivity contribution in [2.45, 2.75) is 19.9 Å². The van der Waals surface area contributed by atoms with Crippen molar-refractivity contribution >= 4 is 0 Å². The van der Waals surface area contributed by atoms with Crippen LogP contribution in [0.1, 0.15) is 22.7 Å². The minimum Gasteiger partial charge on any atom is -0.312 e. The van der Waals surface area contributed by atoms with E-state index < -0.39 is 0 Å². The summed E-state index contributed by atoms with van der Waals surface area (Å²) in [5.41, 5.74) is 4.05. The molecular weight excluding hydrogens is 184 g/mol. The minimum absolute atomic E-state index is 0.415. The highest BCUT2D eigenvalue weighted by molar-refractivity contribution is 5.30. The lowest BCUT2D eigenvalue weighted by Gasteiger charge is -2.21. The standard InChI is InChI=1S/C13H22N2/c1-10-6-11(2)8-12(7-10)13(14-3)9-15(4)5/h6-8,13-14H,9H2,1-5H3. The van der Waals surface area contributed by atoms with Crippen LogP contribution in [0, 0.1) is 13.8 Å². The molecule has 0 spiro atoms. The summed E-state index contributed by atoms with van der Waals surface area (Å²) >= 11 is 0. The summed E-state index contributed by atoms with van der Waals surface area (Å²) in [5.74, 6) is 0. The molecule has 1 atom stereocenters. The van der Waals surface area contributed by atoms with Gasteiger partial charge in [-0.05, 0) is 40.6 Å². The number of likely N-dealkylation sites (N-methyl/N-ethyl adjacent to an activating group) is 2. The van der Waals surface area contributed by atoms with Gasteiger partial charge in [0.2, 0.25) is 0 Å². The van der Waals surface area contributed by atoms with Gasteiger partial charge in [-0.25, -0.2) is 0 Å². The summed E-state index contributed by atoms with van der Waals surface area (Å²) in [6, 6.07) is 7.15. The van der Waals surface area contributed by atoms with Crippen LogP contribution in [-0.2, 0) is 0 Å². The third kappa shape index (κ3) is 3.65. The zero-order valence-electron chi connectivity index (χ0n) is 10.5. The lowest BCUT2D eigenvalue weighted by molar-refractivity contribution is 0.352. The van der Waals surface area contributed by atoms with Gasteiger partial charge in [-0.3, -0.25) is 0 Å². The van der Waals surface area contributed by atoms with Crippen molar-refractivity contribution in [1.29, 1.82) is 0 Å². The Morgan fingerprint density at radius 3 is 2.07 bits per heavy atom. The van der Waals surface area contributed by atoms with Crippen LogP contribution in [0.4, 0.5) is 0 Å². The molecular formula is C13H22N2. The van der Waals surface area contributed by atoms with Crippen LogP contribution in [-0.4, -0.2) is 32.6 Å². The van der Waals surface area contributed by atoms with Gasteiger partial charge in [0, 0.05) is 12.6 Å². The molecule has 0 fully saturated rings. The normalized spacial score (nSPS) is 13.2. The van der Waals surface area contributed by atoms with E-state index in [1.807, 2.05) is 7.05 Å². The lowest BCUT2D eigenvalue weighted by atomic mass is 10.0. The molecule has 1 rings (SSSR count). The first-order valence-corrected chi connectivity index (χ1v) is 5.43. The third-order valence-electron chi connectivity index (χ3n) is 2.54. The molecule has 0 aliphatic rings. The molecule has 0 bridgehead atoms. The molecule has 1 aromatic rings. The molecule has 0 saturated carbocycles. The predicted octanol–water partition coefficient (Wildman–Crippen LogP) is 2.13. The molecule has 0 aliphatic heterocycles. The molecule has 0 aromatic heterocycles. The number of nitrogens with zero attached hydrogens (tertiary/aromatic N) is 1. The first-order valence-electron chi connectivity index (χ1n) is 5.43. The quantitative estimate of drug-likeness (QED) is 0.812. The molecule has 0 radical (unpaired) electrons. The largest absolute Gasteiger partial charge is 0.312 e. The van der Waals surface area contributed by atoms with Crippen LogP contribution in [0.25, 0.3) is 0 Å². The molecule has 2 nitrogen and oxygen atoms in total. The summed E-state index contributed by atoms with van der Waals surface area (Å²) in [6.07, 6.45) is 0. The summed E-state index contributed by atoms with van der Waals surface area (Å²) in [7, 11) is 6.23. The van der Waals surface area contributed by atoms with Gasteiger partial charge in [-0.1, -0.05) is 29.3 Å². The summed E-state index contributed by atoms with van der Waals surface area (Å²) in [5, 5.41) is 3.36. The first kappa shape index (κ1) is 12.2. The molecule has 1 unspecified atom stereocenters. The molecule has 84 valence electrons. The van der Waals surface area contributed by atoms with E-state index in [0.29, 0.717) is 6.04 Å². The molecule has 15 heavy (non-hydrogen) atoms. The van der Waals surface area contributed by atoms with E-state index in [0.717, 1.165) is 6.54 Å². The van der Waals surface area contributed by atoms with Gasteiger partial charge in [0.25, 0.3) is 0 Å². The first-order chi connectivity index (χ1) is 7.02. The molecule has 1 N–H and O–H groups in total. The molecule has 0 heterocycles. The zero-order chi connectivity index (χ0) is 11.4. The summed E-state index contributed by atoms with van der Waals surface area (Å²) < 4.78 is 0. The Labute approximate surface area is 93.3 Å². The van der Waals surface area contributed by atoms with Gasteiger partial charge >= 0.3 is 0 Å². The van der Waals surface area contributed by atoms with Crippen LogP contribution in [0.5, 0.6) is 0 Å². The van der Waals surface area contributed by atoms with Crippen molar-refractivity contribution in [3.63, 3.8) is 0 Å². The van der Waals surface area contributed by atoms with E-state index in [1.54, 1.807) is 0 Å². The fraction of sp³-hybridized carbons (Fsp3) is 0.538. The second kappa shape index (κ2) is 5.29. The van der Waals surface area contributed by atoms with Crippen molar-refractivity contribution in [1.82, 2.24) is 10.2 Å². The van der Waals surface area contributed by atoms with E-state index in [2.05, 4.69) is 56.4 Å². The van der Waals surface area contributed by atoms with E-state index in [1.165, 1.54) is 16.7 Å². The van der Waals surface area contributed by atoms with Crippen LogP contribution >= 0.6 is 0 Å². The highest BCUT2D eigenvalue weighted by Gasteiger charge is 2.10. The maximum absolute atomic E-state index is 3.36. The van der Waals surface area contributed by atoms with Crippen LogP contribution in [0.2, 0.25) is 0 Å². The number of hydrogen-bond acceptors (Lipinski definition) is 2. The maximum Gasteiger partial charge on any atom is 0.0446 e. The highest BCUT2D eigenvalue weighted by Crippen LogP contribution is 2.17. The Morgan fingerprint density at radius 2 is 1.67 bits per heavy atom. The third-order valence-corrected chi connectivity index (χ3v) is 2.54. The summed E-state index contributed by atoms with van der Waals surface area (Å²) in [4.78, 5) is 2.21. The molecule has 0 saturated heterocycles. The predicted molar refractivity (Wildman–Crippen MR) is 66.3 cm³/mol. The Bertz CT molecular complexity index is 298. The summed E-state index contributed by atoms with van der Waals surface area (Å²) in [6.45, 7) is 5.33. The fourth-order valence-electron chi connectivity index (χ4n) is 1.94. The SMILES string of the molecule is CNC(CN(C)C)c1cc(C)cc(C)c1. The van der Waals surface area contributed by atoms with Crippen molar-refractivity contribution in [2.75, 3.05) is 27.7 Å². The van der Waals surface area contributed by atoms with Crippen molar-refractivity contribution in [3.05, 3.63) is 34.9 Å². The van der Waals surface area contributed by atoms with Crippen LogP contribution < -0.4 is 5.32 Å². The lowest BCUT2D eigenvalue weighted by Crippen LogP contribution is -2.28. The average molecular weight is 206 g/mol. The minimum atomic E-state index is 0.415. The topological polar surface area (TPSA) is 15.3 Å². The van der Waals surface area contributed by atoms with E-state index in [9.17, 15) is 0 Å².